The maximum absolute atomic E-state index is 10.8. The van der Waals surface area contributed by atoms with Crippen LogP contribution >= 0.6 is 11.3 Å². The lowest BCUT2D eigenvalue weighted by atomic mass is 10.4. The molecule has 0 amide bonds. The third-order valence-corrected chi connectivity index (χ3v) is 3.82. The third kappa shape index (κ3) is 2.41. The topological polar surface area (TPSA) is 42.4 Å². The van der Waals surface area contributed by atoms with Crippen LogP contribution in [0.3, 0.4) is 0 Å². The lowest BCUT2D eigenvalue weighted by molar-refractivity contribution is 0.112. The van der Waals surface area contributed by atoms with E-state index in [-0.39, 0.29) is 0 Å². The molecule has 1 heterocycles. The Morgan fingerprint density at radius 3 is 2.88 bits per heavy atom. The standard InChI is InChI=1S/C11H16N2O2S/c1-8-10(7-14)16-11(12-8)13(5-6-15-2)9-3-4-9/h7,9H,3-6H2,1-2H3. The minimum Gasteiger partial charge on any atom is -0.383 e. The van der Waals surface area contributed by atoms with Crippen LogP contribution in [-0.2, 0) is 4.74 Å². The van der Waals surface area contributed by atoms with Crippen molar-refractivity contribution in [1.29, 1.82) is 0 Å². The van der Waals surface area contributed by atoms with Gasteiger partial charge in [0.15, 0.2) is 11.4 Å². The van der Waals surface area contributed by atoms with Crippen molar-refractivity contribution < 1.29 is 9.53 Å². The van der Waals surface area contributed by atoms with E-state index in [2.05, 4.69) is 9.88 Å². The number of aromatic nitrogens is 1. The largest absolute Gasteiger partial charge is 0.383 e. The second-order valence-corrected chi connectivity index (χ2v) is 4.99. The Morgan fingerprint density at radius 2 is 2.38 bits per heavy atom. The van der Waals surface area contributed by atoms with Gasteiger partial charge in [-0.1, -0.05) is 11.3 Å². The van der Waals surface area contributed by atoms with Crippen LogP contribution in [0.5, 0.6) is 0 Å². The molecule has 4 nitrogen and oxygen atoms in total. The second kappa shape index (κ2) is 4.93. The van der Waals surface area contributed by atoms with Crippen LogP contribution in [0, 0.1) is 6.92 Å². The van der Waals surface area contributed by atoms with E-state index in [0.717, 1.165) is 28.5 Å². The van der Waals surface area contributed by atoms with E-state index in [1.807, 2.05) is 6.92 Å². The number of hydrogen-bond donors (Lipinski definition) is 0. The summed E-state index contributed by atoms with van der Waals surface area (Å²) in [6.45, 7) is 3.43. The summed E-state index contributed by atoms with van der Waals surface area (Å²) >= 11 is 1.48. The summed E-state index contributed by atoms with van der Waals surface area (Å²) in [5.74, 6) is 0. The predicted octanol–water partition coefficient (Wildman–Crippen LogP) is 1.88. The monoisotopic (exact) mass is 240 g/mol. The molecular formula is C11H16N2O2S. The Balaban J connectivity index is 2.13. The molecule has 88 valence electrons. The summed E-state index contributed by atoms with van der Waals surface area (Å²) in [7, 11) is 1.70. The zero-order valence-electron chi connectivity index (χ0n) is 9.60. The highest BCUT2D eigenvalue weighted by Gasteiger charge is 2.31. The van der Waals surface area contributed by atoms with Gasteiger partial charge in [-0.3, -0.25) is 4.79 Å². The van der Waals surface area contributed by atoms with E-state index in [1.165, 1.54) is 24.2 Å². The molecule has 0 N–H and O–H groups in total. The molecule has 16 heavy (non-hydrogen) atoms. The first-order chi connectivity index (χ1) is 7.76. The van der Waals surface area contributed by atoms with E-state index in [0.29, 0.717) is 12.6 Å². The molecule has 0 saturated heterocycles. The average Bonchev–Trinajstić information content (AvgIpc) is 3.03. The molecule has 1 fully saturated rings. The fourth-order valence-corrected chi connectivity index (χ4v) is 2.61. The van der Waals surface area contributed by atoms with Crippen molar-refractivity contribution in [3.8, 4) is 0 Å². The molecule has 0 bridgehead atoms. The SMILES string of the molecule is COCCN(c1nc(C)c(C=O)s1)C1CC1. The van der Waals surface area contributed by atoms with Gasteiger partial charge < -0.3 is 9.64 Å². The number of ether oxygens (including phenoxy) is 1. The number of nitrogens with zero attached hydrogens (tertiary/aromatic N) is 2. The first-order valence-corrected chi connectivity index (χ1v) is 6.26. The number of carbonyl (C=O) groups is 1. The van der Waals surface area contributed by atoms with E-state index in [9.17, 15) is 4.79 Å². The molecule has 0 unspecified atom stereocenters. The first-order valence-electron chi connectivity index (χ1n) is 5.44. The molecule has 1 aromatic heterocycles. The minimum absolute atomic E-state index is 0.597. The summed E-state index contributed by atoms with van der Waals surface area (Å²) in [4.78, 5) is 18.2. The number of aldehydes is 1. The molecule has 0 aliphatic heterocycles. The highest BCUT2D eigenvalue weighted by molar-refractivity contribution is 7.17. The van der Waals surface area contributed by atoms with Gasteiger partial charge in [-0.2, -0.15) is 0 Å². The molecule has 1 aliphatic rings. The van der Waals surface area contributed by atoms with Crippen molar-refractivity contribution in [2.45, 2.75) is 25.8 Å². The Bertz CT molecular complexity index is 374. The molecule has 1 aromatic rings. The fraction of sp³-hybridized carbons (Fsp3) is 0.636. The maximum atomic E-state index is 10.8. The molecule has 0 radical (unpaired) electrons. The van der Waals surface area contributed by atoms with Crippen LogP contribution in [0.1, 0.15) is 28.2 Å². The number of carbonyl (C=O) groups excluding carboxylic acids is 1. The van der Waals surface area contributed by atoms with Crippen LogP contribution in [0.25, 0.3) is 0 Å². The number of methoxy groups -OCH3 is 1. The third-order valence-electron chi connectivity index (χ3n) is 2.70. The van der Waals surface area contributed by atoms with Crippen LogP contribution in [0.15, 0.2) is 0 Å². The Hall–Kier alpha value is -0.940. The molecule has 5 heteroatoms. The Morgan fingerprint density at radius 1 is 1.62 bits per heavy atom. The van der Waals surface area contributed by atoms with Gasteiger partial charge in [-0.15, -0.1) is 0 Å². The lowest BCUT2D eigenvalue weighted by Crippen LogP contribution is -2.29. The van der Waals surface area contributed by atoms with Crippen LogP contribution in [-0.4, -0.2) is 37.6 Å². The zero-order valence-corrected chi connectivity index (χ0v) is 10.4. The highest BCUT2D eigenvalue weighted by atomic mass is 32.1. The van der Waals surface area contributed by atoms with Gasteiger partial charge in [0.2, 0.25) is 0 Å². The van der Waals surface area contributed by atoms with Gasteiger partial charge in [0.05, 0.1) is 17.2 Å². The fourth-order valence-electron chi connectivity index (χ4n) is 1.64. The molecule has 2 rings (SSSR count). The van der Waals surface area contributed by atoms with Gasteiger partial charge in [0.1, 0.15) is 0 Å². The number of aryl methyl sites for hydroxylation is 1. The summed E-state index contributed by atoms with van der Waals surface area (Å²) < 4.78 is 5.10. The van der Waals surface area contributed by atoms with Crippen LogP contribution in [0.4, 0.5) is 5.13 Å². The quantitative estimate of drug-likeness (QED) is 0.712. The molecule has 0 atom stereocenters. The lowest BCUT2D eigenvalue weighted by Gasteiger charge is -2.20. The predicted molar refractivity (Wildman–Crippen MR) is 64.5 cm³/mol. The number of anilines is 1. The second-order valence-electron chi connectivity index (χ2n) is 3.98. The van der Waals surface area contributed by atoms with Crippen molar-refractivity contribution >= 4 is 22.8 Å². The highest BCUT2D eigenvalue weighted by Crippen LogP contribution is 2.34. The minimum atomic E-state index is 0.597. The summed E-state index contributed by atoms with van der Waals surface area (Å²) in [6.07, 6.45) is 3.33. The zero-order chi connectivity index (χ0) is 11.5. The summed E-state index contributed by atoms with van der Waals surface area (Å²) in [6, 6.07) is 0.597. The van der Waals surface area contributed by atoms with Crippen molar-refractivity contribution in [3.63, 3.8) is 0 Å². The molecular weight excluding hydrogens is 224 g/mol. The van der Waals surface area contributed by atoms with E-state index in [1.54, 1.807) is 7.11 Å². The smallest absolute Gasteiger partial charge is 0.186 e. The molecule has 1 aliphatic carbocycles. The Labute approximate surface area is 99.2 Å². The van der Waals surface area contributed by atoms with Gasteiger partial charge in [-0.05, 0) is 19.8 Å². The van der Waals surface area contributed by atoms with E-state index in [4.69, 9.17) is 4.74 Å². The molecule has 0 aromatic carbocycles. The van der Waals surface area contributed by atoms with Gasteiger partial charge in [0.25, 0.3) is 0 Å². The van der Waals surface area contributed by atoms with Gasteiger partial charge in [0, 0.05) is 19.7 Å². The molecule has 1 saturated carbocycles. The summed E-state index contributed by atoms with van der Waals surface area (Å²) in [5, 5.41) is 0.958. The van der Waals surface area contributed by atoms with Gasteiger partial charge >= 0.3 is 0 Å². The number of hydrogen-bond acceptors (Lipinski definition) is 5. The number of rotatable bonds is 6. The normalized spacial score (nSPS) is 15.1. The van der Waals surface area contributed by atoms with Crippen molar-refractivity contribution in [1.82, 2.24) is 4.98 Å². The van der Waals surface area contributed by atoms with Crippen molar-refractivity contribution in [3.05, 3.63) is 10.6 Å². The van der Waals surface area contributed by atoms with Gasteiger partial charge in [-0.25, -0.2) is 4.98 Å². The van der Waals surface area contributed by atoms with Crippen LogP contribution in [0.2, 0.25) is 0 Å². The Kier molecular flexibility index (Phi) is 3.56. The van der Waals surface area contributed by atoms with E-state index < -0.39 is 0 Å². The van der Waals surface area contributed by atoms with Crippen molar-refractivity contribution in [2.24, 2.45) is 0 Å². The first kappa shape index (κ1) is 11.5. The summed E-state index contributed by atoms with van der Waals surface area (Å²) in [5.41, 5.74) is 0.832. The van der Waals surface area contributed by atoms with Crippen molar-refractivity contribution in [2.75, 3.05) is 25.2 Å². The molecule has 0 spiro atoms. The number of thiazole rings is 1. The average molecular weight is 240 g/mol. The maximum Gasteiger partial charge on any atom is 0.186 e. The van der Waals surface area contributed by atoms with E-state index >= 15 is 0 Å². The van der Waals surface area contributed by atoms with Crippen LogP contribution < -0.4 is 4.90 Å².